The molecule has 0 atom stereocenters. The third kappa shape index (κ3) is 2.67. The van der Waals surface area contributed by atoms with E-state index in [9.17, 15) is 4.79 Å². The maximum absolute atomic E-state index is 11.7. The van der Waals surface area contributed by atoms with Crippen molar-refractivity contribution < 1.29 is 4.42 Å². The second-order valence-corrected chi connectivity index (χ2v) is 5.76. The topological polar surface area (TPSA) is 30.2 Å². The van der Waals surface area contributed by atoms with Crippen molar-refractivity contribution in [1.82, 2.24) is 0 Å². The molecule has 0 aliphatic heterocycles. The van der Waals surface area contributed by atoms with Crippen LogP contribution in [-0.2, 0) is 0 Å². The van der Waals surface area contributed by atoms with Crippen LogP contribution in [0.25, 0.3) is 11.3 Å². The molecule has 2 rings (SSSR count). The van der Waals surface area contributed by atoms with E-state index in [0.717, 1.165) is 14.9 Å². The van der Waals surface area contributed by atoms with Gasteiger partial charge < -0.3 is 4.42 Å². The Morgan fingerprint density at radius 2 is 1.94 bits per heavy atom. The summed E-state index contributed by atoms with van der Waals surface area (Å²) < 4.78 is 6.65. The second-order valence-electron chi connectivity index (χ2n) is 3.26. The van der Waals surface area contributed by atoms with Gasteiger partial charge in [0, 0.05) is 14.9 Å². The zero-order valence-corrected chi connectivity index (χ0v) is 12.9. The van der Waals surface area contributed by atoms with Gasteiger partial charge in [-0.25, -0.2) is 4.79 Å². The van der Waals surface area contributed by atoms with E-state index in [1.165, 1.54) is 11.8 Å². The standard InChI is InChI=1S/C12H8Br2O2S/c1-17-10-6-9(16-12(15)11(10)14)7-4-2-3-5-8(7)13/h2-6H,1H3. The van der Waals surface area contributed by atoms with Crippen LogP contribution in [0, 0.1) is 0 Å². The van der Waals surface area contributed by atoms with Crippen molar-refractivity contribution in [3.05, 3.63) is 49.7 Å². The van der Waals surface area contributed by atoms with Crippen LogP contribution in [0.1, 0.15) is 0 Å². The molecule has 0 amide bonds. The summed E-state index contributed by atoms with van der Waals surface area (Å²) >= 11 is 8.17. The molecule has 0 bridgehead atoms. The largest absolute Gasteiger partial charge is 0.422 e. The van der Waals surface area contributed by atoms with Gasteiger partial charge in [0.15, 0.2) is 0 Å². The third-order valence-corrected chi connectivity index (χ3v) is 4.69. The lowest BCUT2D eigenvalue weighted by atomic mass is 10.2. The molecule has 0 N–H and O–H groups in total. The minimum Gasteiger partial charge on any atom is -0.422 e. The summed E-state index contributed by atoms with van der Waals surface area (Å²) in [6, 6.07) is 9.49. The fraction of sp³-hybridized carbons (Fsp3) is 0.0833. The van der Waals surface area contributed by atoms with Gasteiger partial charge in [0.2, 0.25) is 0 Å². The molecule has 0 unspecified atom stereocenters. The summed E-state index contributed by atoms with van der Waals surface area (Å²) in [5, 5.41) is 0. The molecule has 5 heteroatoms. The molecule has 1 aromatic carbocycles. The molecule has 0 fully saturated rings. The minimum absolute atomic E-state index is 0.359. The molecular weight excluding hydrogens is 368 g/mol. The Morgan fingerprint density at radius 3 is 2.59 bits per heavy atom. The molecule has 0 aliphatic rings. The number of rotatable bonds is 2. The summed E-state index contributed by atoms with van der Waals surface area (Å²) in [4.78, 5) is 12.5. The summed E-state index contributed by atoms with van der Waals surface area (Å²) in [6.45, 7) is 0. The smallest absolute Gasteiger partial charge is 0.351 e. The second kappa shape index (κ2) is 5.42. The minimum atomic E-state index is -0.359. The number of halogens is 2. The number of hydrogen-bond acceptors (Lipinski definition) is 3. The van der Waals surface area contributed by atoms with Crippen LogP contribution >= 0.6 is 43.6 Å². The van der Waals surface area contributed by atoms with E-state index in [2.05, 4.69) is 31.9 Å². The lowest BCUT2D eigenvalue weighted by Crippen LogP contribution is -2.02. The Labute approximate surface area is 120 Å². The number of benzene rings is 1. The maximum atomic E-state index is 11.7. The Bertz CT molecular complexity index is 608. The highest BCUT2D eigenvalue weighted by molar-refractivity contribution is 9.10. The summed E-state index contributed by atoms with van der Waals surface area (Å²) in [5.41, 5.74) is 0.509. The zero-order chi connectivity index (χ0) is 12.4. The first-order valence-electron chi connectivity index (χ1n) is 4.76. The van der Waals surface area contributed by atoms with Gasteiger partial charge in [-0.3, -0.25) is 0 Å². The van der Waals surface area contributed by atoms with Gasteiger partial charge in [-0.05, 0) is 34.3 Å². The Balaban J connectivity index is 2.66. The van der Waals surface area contributed by atoms with Crippen LogP contribution in [0.2, 0.25) is 0 Å². The molecule has 0 radical (unpaired) electrons. The lowest BCUT2D eigenvalue weighted by Gasteiger charge is -2.05. The van der Waals surface area contributed by atoms with Crippen LogP contribution in [0.4, 0.5) is 0 Å². The van der Waals surface area contributed by atoms with Crippen LogP contribution in [0.15, 0.2) is 53.4 Å². The SMILES string of the molecule is CSc1cc(-c2ccccc2Br)oc(=O)c1Br. The highest BCUT2D eigenvalue weighted by atomic mass is 79.9. The van der Waals surface area contributed by atoms with Crippen LogP contribution < -0.4 is 5.63 Å². The van der Waals surface area contributed by atoms with Crippen LogP contribution in [0.3, 0.4) is 0 Å². The van der Waals surface area contributed by atoms with Gasteiger partial charge >= 0.3 is 5.63 Å². The molecule has 1 heterocycles. The van der Waals surface area contributed by atoms with Crippen molar-refractivity contribution in [1.29, 1.82) is 0 Å². The van der Waals surface area contributed by atoms with Crippen molar-refractivity contribution in [2.45, 2.75) is 4.90 Å². The fourth-order valence-electron chi connectivity index (χ4n) is 1.40. The van der Waals surface area contributed by atoms with Crippen molar-refractivity contribution in [2.75, 3.05) is 6.26 Å². The molecule has 2 aromatic rings. The van der Waals surface area contributed by atoms with Crippen LogP contribution in [-0.4, -0.2) is 6.26 Å². The maximum Gasteiger partial charge on any atom is 0.351 e. The van der Waals surface area contributed by atoms with Gasteiger partial charge in [0.05, 0.1) is 0 Å². The first-order chi connectivity index (χ1) is 8.13. The molecule has 0 spiro atoms. The number of thioether (sulfide) groups is 1. The number of hydrogen-bond donors (Lipinski definition) is 0. The van der Waals surface area contributed by atoms with Gasteiger partial charge in [-0.1, -0.05) is 34.1 Å². The average Bonchev–Trinajstić information content (AvgIpc) is 2.33. The van der Waals surface area contributed by atoms with Gasteiger partial charge in [0.1, 0.15) is 10.2 Å². The van der Waals surface area contributed by atoms with E-state index in [1.807, 2.05) is 36.6 Å². The summed E-state index contributed by atoms with van der Waals surface area (Å²) in [7, 11) is 0. The van der Waals surface area contributed by atoms with E-state index >= 15 is 0 Å². The van der Waals surface area contributed by atoms with Crippen molar-refractivity contribution in [3.63, 3.8) is 0 Å². The van der Waals surface area contributed by atoms with E-state index in [4.69, 9.17) is 4.42 Å². The molecule has 17 heavy (non-hydrogen) atoms. The lowest BCUT2D eigenvalue weighted by molar-refractivity contribution is 0.516. The predicted octanol–water partition coefficient (Wildman–Crippen LogP) is 4.55. The van der Waals surface area contributed by atoms with E-state index in [0.29, 0.717) is 10.2 Å². The van der Waals surface area contributed by atoms with Crippen molar-refractivity contribution >= 4 is 43.6 Å². The predicted molar refractivity (Wildman–Crippen MR) is 77.6 cm³/mol. The highest BCUT2D eigenvalue weighted by Crippen LogP contribution is 2.31. The quantitative estimate of drug-likeness (QED) is 0.721. The molecule has 0 saturated heterocycles. The van der Waals surface area contributed by atoms with E-state index in [-0.39, 0.29) is 5.63 Å². The van der Waals surface area contributed by atoms with Gasteiger partial charge in [-0.2, -0.15) is 0 Å². The third-order valence-electron chi connectivity index (χ3n) is 2.22. The first kappa shape index (κ1) is 12.9. The van der Waals surface area contributed by atoms with Crippen molar-refractivity contribution in [3.8, 4) is 11.3 Å². The zero-order valence-electron chi connectivity index (χ0n) is 8.87. The molecule has 0 aliphatic carbocycles. The summed E-state index contributed by atoms with van der Waals surface area (Å²) in [6.07, 6.45) is 1.92. The Morgan fingerprint density at radius 1 is 1.24 bits per heavy atom. The first-order valence-corrected chi connectivity index (χ1v) is 7.57. The average molecular weight is 376 g/mol. The normalized spacial score (nSPS) is 10.5. The molecule has 2 nitrogen and oxygen atoms in total. The molecule has 1 aromatic heterocycles. The van der Waals surface area contributed by atoms with Crippen LogP contribution in [0.5, 0.6) is 0 Å². The van der Waals surface area contributed by atoms with Gasteiger partial charge in [-0.15, -0.1) is 11.8 Å². The fourth-order valence-corrected chi connectivity index (χ4v) is 3.05. The monoisotopic (exact) mass is 374 g/mol. The Kier molecular flexibility index (Phi) is 4.12. The molecular formula is C12H8Br2O2S. The summed E-state index contributed by atoms with van der Waals surface area (Å²) in [5.74, 6) is 0.565. The molecule has 88 valence electrons. The highest BCUT2D eigenvalue weighted by Gasteiger charge is 2.11. The van der Waals surface area contributed by atoms with E-state index in [1.54, 1.807) is 0 Å². The van der Waals surface area contributed by atoms with Crippen molar-refractivity contribution in [2.24, 2.45) is 0 Å². The Hall–Kier alpha value is -0.520. The van der Waals surface area contributed by atoms with Gasteiger partial charge in [0.25, 0.3) is 0 Å². The molecule has 0 saturated carbocycles. The van der Waals surface area contributed by atoms with E-state index < -0.39 is 0 Å².